The third kappa shape index (κ3) is 2.35. The second-order valence-electron chi connectivity index (χ2n) is 3.88. The van der Waals surface area contributed by atoms with Gasteiger partial charge in [-0.3, -0.25) is 14.6 Å². The van der Waals surface area contributed by atoms with E-state index in [0.717, 1.165) is 11.4 Å². The molecule has 17 heavy (non-hydrogen) atoms. The first-order valence-electron chi connectivity index (χ1n) is 5.48. The van der Waals surface area contributed by atoms with E-state index < -0.39 is 0 Å². The molecule has 2 heterocycles. The molecule has 2 aromatic rings. The Balaban J connectivity index is 2.19. The number of nitrogens with zero attached hydrogens (tertiary/aromatic N) is 3. The number of aromatic nitrogens is 4. The Morgan fingerprint density at radius 1 is 1.47 bits per heavy atom. The molecule has 0 spiro atoms. The van der Waals surface area contributed by atoms with Crippen LogP contribution in [0.5, 0.6) is 0 Å². The summed E-state index contributed by atoms with van der Waals surface area (Å²) in [5.41, 5.74) is 2.28. The van der Waals surface area contributed by atoms with Crippen molar-refractivity contribution in [2.45, 2.75) is 27.3 Å². The summed E-state index contributed by atoms with van der Waals surface area (Å²) in [6.45, 7) is 6.35. The largest absolute Gasteiger partial charge is 0.304 e. The van der Waals surface area contributed by atoms with Gasteiger partial charge in [-0.1, -0.05) is 0 Å². The summed E-state index contributed by atoms with van der Waals surface area (Å²) in [6, 6.07) is 3.54. The molecule has 1 amide bonds. The van der Waals surface area contributed by atoms with Gasteiger partial charge in [-0.15, -0.1) is 0 Å². The molecular formula is C11H15N5O. The summed E-state index contributed by atoms with van der Waals surface area (Å²) in [7, 11) is 0. The van der Waals surface area contributed by atoms with E-state index in [4.69, 9.17) is 0 Å². The SMILES string of the molecule is CCn1nc(C)cc1C(=O)Nc1cc(C)[nH]n1. The van der Waals surface area contributed by atoms with Crippen LogP contribution in [0.25, 0.3) is 0 Å². The molecule has 0 atom stereocenters. The Morgan fingerprint density at radius 3 is 2.82 bits per heavy atom. The highest BCUT2D eigenvalue weighted by atomic mass is 16.2. The van der Waals surface area contributed by atoms with Gasteiger partial charge in [0.15, 0.2) is 5.82 Å². The Labute approximate surface area is 99.0 Å². The highest BCUT2D eigenvalue weighted by molar-refractivity contribution is 6.02. The fraction of sp³-hybridized carbons (Fsp3) is 0.364. The van der Waals surface area contributed by atoms with Crippen LogP contribution in [0.1, 0.15) is 28.8 Å². The summed E-state index contributed by atoms with van der Waals surface area (Å²) in [5.74, 6) is 0.327. The lowest BCUT2D eigenvalue weighted by atomic mass is 10.3. The first kappa shape index (κ1) is 11.4. The second kappa shape index (κ2) is 4.40. The lowest BCUT2D eigenvalue weighted by Gasteiger charge is -2.03. The van der Waals surface area contributed by atoms with E-state index >= 15 is 0 Å². The molecule has 0 aliphatic rings. The van der Waals surface area contributed by atoms with Crippen LogP contribution < -0.4 is 5.32 Å². The molecule has 2 N–H and O–H groups in total. The summed E-state index contributed by atoms with van der Waals surface area (Å²) in [6.07, 6.45) is 0. The molecule has 0 aromatic carbocycles. The van der Waals surface area contributed by atoms with E-state index in [1.807, 2.05) is 20.8 Å². The normalized spacial score (nSPS) is 10.5. The molecule has 0 saturated carbocycles. The third-order valence-electron chi connectivity index (χ3n) is 2.38. The van der Waals surface area contributed by atoms with Crippen molar-refractivity contribution in [2.24, 2.45) is 0 Å². The molecule has 0 fully saturated rings. The smallest absolute Gasteiger partial charge is 0.275 e. The summed E-state index contributed by atoms with van der Waals surface area (Å²) < 4.78 is 1.67. The van der Waals surface area contributed by atoms with Crippen molar-refractivity contribution in [3.63, 3.8) is 0 Å². The van der Waals surface area contributed by atoms with Crippen LogP contribution in [0, 0.1) is 13.8 Å². The Morgan fingerprint density at radius 2 is 2.24 bits per heavy atom. The molecule has 2 rings (SSSR count). The fourth-order valence-corrected chi connectivity index (χ4v) is 1.63. The average Bonchev–Trinajstić information content (AvgIpc) is 2.84. The van der Waals surface area contributed by atoms with E-state index in [1.165, 1.54) is 0 Å². The van der Waals surface area contributed by atoms with Gasteiger partial charge in [0.05, 0.1) is 5.69 Å². The average molecular weight is 233 g/mol. The first-order valence-corrected chi connectivity index (χ1v) is 5.48. The lowest BCUT2D eigenvalue weighted by Crippen LogP contribution is -2.17. The van der Waals surface area contributed by atoms with Gasteiger partial charge in [-0.2, -0.15) is 10.2 Å². The van der Waals surface area contributed by atoms with E-state index in [1.54, 1.807) is 16.8 Å². The minimum absolute atomic E-state index is 0.195. The van der Waals surface area contributed by atoms with Crippen molar-refractivity contribution in [1.29, 1.82) is 0 Å². The highest BCUT2D eigenvalue weighted by Gasteiger charge is 2.14. The zero-order chi connectivity index (χ0) is 12.4. The van der Waals surface area contributed by atoms with E-state index in [2.05, 4.69) is 20.6 Å². The summed E-state index contributed by atoms with van der Waals surface area (Å²) in [4.78, 5) is 12.0. The molecule has 0 aliphatic heterocycles. The fourth-order valence-electron chi connectivity index (χ4n) is 1.63. The standard InChI is InChI=1S/C11H15N5O/c1-4-16-9(5-8(3)15-16)11(17)12-10-6-7(2)13-14-10/h5-6H,4H2,1-3H3,(H2,12,13,14,17). The van der Waals surface area contributed by atoms with Gasteiger partial charge in [0.25, 0.3) is 5.91 Å². The van der Waals surface area contributed by atoms with Gasteiger partial charge >= 0.3 is 0 Å². The highest BCUT2D eigenvalue weighted by Crippen LogP contribution is 2.09. The molecule has 90 valence electrons. The number of aromatic amines is 1. The maximum Gasteiger partial charge on any atom is 0.275 e. The van der Waals surface area contributed by atoms with Crippen molar-refractivity contribution in [3.05, 3.63) is 29.2 Å². The lowest BCUT2D eigenvalue weighted by molar-refractivity contribution is 0.101. The van der Waals surface area contributed by atoms with E-state index in [9.17, 15) is 4.79 Å². The predicted molar refractivity (Wildman–Crippen MR) is 63.9 cm³/mol. The third-order valence-corrected chi connectivity index (χ3v) is 2.38. The van der Waals surface area contributed by atoms with Gasteiger partial charge < -0.3 is 5.32 Å². The molecule has 0 bridgehead atoms. The van der Waals surface area contributed by atoms with Crippen LogP contribution in [0.2, 0.25) is 0 Å². The van der Waals surface area contributed by atoms with Crippen LogP contribution in [0.3, 0.4) is 0 Å². The topological polar surface area (TPSA) is 75.6 Å². The van der Waals surface area contributed by atoms with Gasteiger partial charge in [-0.25, -0.2) is 0 Å². The van der Waals surface area contributed by atoms with Crippen LogP contribution >= 0.6 is 0 Å². The van der Waals surface area contributed by atoms with Gasteiger partial charge in [0, 0.05) is 18.3 Å². The molecule has 0 aliphatic carbocycles. The van der Waals surface area contributed by atoms with Crippen molar-refractivity contribution in [1.82, 2.24) is 20.0 Å². The Bertz CT molecular complexity index is 540. The van der Waals surface area contributed by atoms with E-state index in [-0.39, 0.29) is 5.91 Å². The number of hydrogen-bond donors (Lipinski definition) is 2. The number of amides is 1. The summed E-state index contributed by atoms with van der Waals surface area (Å²) in [5, 5.41) is 13.7. The van der Waals surface area contributed by atoms with Crippen LogP contribution in [0.15, 0.2) is 12.1 Å². The predicted octanol–water partition coefficient (Wildman–Crippen LogP) is 1.50. The zero-order valence-electron chi connectivity index (χ0n) is 10.1. The number of anilines is 1. The number of rotatable bonds is 3. The Hall–Kier alpha value is -2.11. The molecule has 0 saturated heterocycles. The number of H-pyrrole nitrogens is 1. The second-order valence-corrected chi connectivity index (χ2v) is 3.88. The van der Waals surface area contributed by atoms with Crippen LogP contribution in [-0.2, 0) is 6.54 Å². The molecule has 6 heteroatoms. The number of carbonyl (C=O) groups is 1. The molecule has 6 nitrogen and oxygen atoms in total. The number of nitrogens with one attached hydrogen (secondary N) is 2. The first-order chi connectivity index (χ1) is 8.10. The van der Waals surface area contributed by atoms with Crippen molar-refractivity contribution in [2.75, 3.05) is 5.32 Å². The minimum Gasteiger partial charge on any atom is -0.304 e. The van der Waals surface area contributed by atoms with Gasteiger partial charge in [-0.05, 0) is 26.8 Å². The van der Waals surface area contributed by atoms with Crippen LogP contribution in [-0.4, -0.2) is 25.9 Å². The number of aryl methyl sites for hydroxylation is 3. The van der Waals surface area contributed by atoms with Crippen molar-refractivity contribution < 1.29 is 4.79 Å². The maximum absolute atomic E-state index is 12.0. The molecule has 0 radical (unpaired) electrons. The molecular weight excluding hydrogens is 218 g/mol. The van der Waals surface area contributed by atoms with Crippen molar-refractivity contribution >= 4 is 11.7 Å². The van der Waals surface area contributed by atoms with Crippen LogP contribution in [0.4, 0.5) is 5.82 Å². The Kier molecular flexibility index (Phi) is 2.95. The monoisotopic (exact) mass is 233 g/mol. The van der Waals surface area contributed by atoms with E-state index in [0.29, 0.717) is 18.1 Å². The number of carbonyl (C=O) groups excluding carboxylic acids is 1. The quantitative estimate of drug-likeness (QED) is 0.843. The zero-order valence-corrected chi connectivity index (χ0v) is 10.1. The molecule has 0 unspecified atom stereocenters. The summed E-state index contributed by atoms with van der Waals surface area (Å²) >= 11 is 0. The number of hydrogen-bond acceptors (Lipinski definition) is 3. The maximum atomic E-state index is 12.0. The van der Waals surface area contributed by atoms with Gasteiger partial charge in [0.1, 0.15) is 5.69 Å². The minimum atomic E-state index is -0.195. The van der Waals surface area contributed by atoms with Gasteiger partial charge in [0.2, 0.25) is 0 Å². The van der Waals surface area contributed by atoms with Crippen molar-refractivity contribution in [3.8, 4) is 0 Å². The molecule has 2 aromatic heterocycles.